The van der Waals surface area contributed by atoms with E-state index in [1.54, 1.807) is 0 Å². The van der Waals surface area contributed by atoms with Crippen molar-refractivity contribution in [2.75, 3.05) is 6.54 Å². The van der Waals surface area contributed by atoms with E-state index in [1.165, 1.54) is 10.4 Å². The van der Waals surface area contributed by atoms with Crippen LogP contribution in [0.1, 0.15) is 48.8 Å². The van der Waals surface area contributed by atoms with Crippen molar-refractivity contribution in [1.29, 1.82) is 0 Å². The standard InChI is InChI=1S/C18H26N4OS/c1-12(2)19-17(23)9-15-10-22-7-6-21(14(4)18(22)20-15)11-16-13(3)5-8-24-16/h5,8,10,12,14H,6-7,9,11H2,1-4H3,(H,19,23)/t14-/m0/s1. The van der Waals surface area contributed by atoms with Gasteiger partial charge in [0.05, 0.1) is 18.2 Å². The summed E-state index contributed by atoms with van der Waals surface area (Å²) in [4.78, 5) is 20.6. The second-order valence-electron chi connectivity index (χ2n) is 6.86. The Morgan fingerprint density at radius 1 is 1.46 bits per heavy atom. The molecule has 5 nitrogen and oxygen atoms in total. The summed E-state index contributed by atoms with van der Waals surface area (Å²) in [6.45, 7) is 11.3. The fraction of sp³-hybridized carbons (Fsp3) is 0.556. The molecule has 0 unspecified atom stereocenters. The number of hydrogen-bond acceptors (Lipinski definition) is 4. The summed E-state index contributed by atoms with van der Waals surface area (Å²) in [6.07, 6.45) is 2.40. The first-order valence-electron chi connectivity index (χ1n) is 8.56. The first-order chi connectivity index (χ1) is 11.4. The third kappa shape index (κ3) is 3.70. The normalized spacial score (nSPS) is 18.0. The molecule has 0 spiro atoms. The fourth-order valence-electron chi connectivity index (χ4n) is 3.18. The van der Waals surface area contributed by atoms with Gasteiger partial charge in [0.2, 0.25) is 5.91 Å². The Kier molecular flexibility index (Phi) is 5.06. The molecule has 1 N–H and O–H groups in total. The van der Waals surface area contributed by atoms with Crippen LogP contribution in [0.3, 0.4) is 0 Å². The molecule has 0 saturated carbocycles. The summed E-state index contributed by atoms with van der Waals surface area (Å²) < 4.78 is 2.21. The van der Waals surface area contributed by atoms with E-state index in [-0.39, 0.29) is 18.0 Å². The summed E-state index contributed by atoms with van der Waals surface area (Å²) >= 11 is 1.82. The fourth-order valence-corrected chi connectivity index (χ4v) is 4.11. The molecule has 0 saturated heterocycles. The van der Waals surface area contributed by atoms with E-state index < -0.39 is 0 Å². The molecule has 0 fully saturated rings. The van der Waals surface area contributed by atoms with Gasteiger partial charge >= 0.3 is 0 Å². The Bertz CT molecular complexity index is 718. The molecule has 0 radical (unpaired) electrons. The molecule has 0 aromatic carbocycles. The lowest BCUT2D eigenvalue weighted by atomic mass is 10.2. The van der Waals surface area contributed by atoms with Crippen molar-refractivity contribution in [3.63, 3.8) is 0 Å². The maximum atomic E-state index is 12.0. The zero-order chi connectivity index (χ0) is 17.3. The van der Waals surface area contributed by atoms with Gasteiger partial charge in [0.1, 0.15) is 5.82 Å². The van der Waals surface area contributed by atoms with Crippen molar-refractivity contribution >= 4 is 17.2 Å². The first kappa shape index (κ1) is 17.2. The van der Waals surface area contributed by atoms with E-state index in [4.69, 9.17) is 4.98 Å². The first-order valence-corrected chi connectivity index (χ1v) is 9.44. The molecule has 3 heterocycles. The molecule has 24 heavy (non-hydrogen) atoms. The molecular weight excluding hydrogens is 320 g/mol. The predicted molar refractivity (Wildman–Crippen MR) is 97.1 cm³/mol. The number of fused-ring (bicyclic) bond motifs is 1. The van der Waals surface area contributed by atoms with Gasteiger partial charge in [-0.15, -0.1) is 11.3 Å². The molecule has 0 aliphatic carbocycles. The molecular formula is C18H26N4OS. The van der Waals surface area contributed by atoms with Crippen LogP contribution in [0.15, 0.2) is 17.6 Å². The average molecular weight is 347 g/mol. The number of nitrogens with zero attached hydrogens (tertiary/aromatic N) is 3. The Labute approximate surface area is 147 Å². The van der Waals surface area contributed by atoms with Gasteiger partial charge < -0.3 is 9.88 Å². The summed E-state index contributed by atoms with van der Waals surface area (Å²) in [5.41, 5.74) is 2.23. The number of aryl methyl sites for hydroxylation is 1. The highest BCUT2D eigenvalue weighted by Crippen LogP contribution is 2.28. The number of nitrogens with one attached hydrogen (secondary N) is 1. The van der Waals surface area contributed by atoms with Crippen LogP contribution in [0.4, 0.5) is 0 Å². The molecule has 2 aromatic rings. The van der Waals surface area contributed by atoms with Gasteiger partial charge in [-0.25, -0.2) is 4.98 Å². The average Bonchev–Trinajstić information content (AvgIpc) is 3.08. The second kappa shape index (κ2) is 7.07. The number of aromatic nitrogens is 2. The molecule has 1 amide bonds. The van der Waals surface area contributed by atoms with Crippen LogP contribution < -0.4 is 5.32 Å². The van der Waals surface area contributed by atoms with Gasteiger partial charge in [-0.05, 0) is 44.7 Å². The molecule has 1 aliphatic rings. The minimum atomic E-state index is 0.0409. The molecule has 1 atom stereocenters. The van der Waals surface area contributed by atoms with Crippen LogP contribution in [0.5, 0.6) is 0 Å². The minimum Gasteiger partial charge on any atom is -0.354 e. The molecule has 2 aromatic heterocycles. The number of rotatable bonds is 5. The van der Waals surface area contributed by atoms with Crippen molar-refractivity contribution in [2.24, 2.45) is 0 Å². The second-order valence-corrected chi connectivity index (χ2v) is 7.86. The van der Waals surface area contributed by atoms with Gasteiger partial charge in [0, 0.05) is 36.8 Å². The number of imidazole rings is 1. The van der Waals surface area contributed by atoms with Gasteiger partial charge in [-0.3, -0.25) is 9.69 Å². The molecule has 6 heteroatoms. The van der Waals surface area contributed by atoms with Crippen LogP contribution in [-0.4, -0.2) is 32.9 Å². The Balaban J connectivity index is 1.70. The lowest BCUT2D eigenvalue weighted by Crippen LogP contribution is -2.36. The van der Waals surface area contributed by atoms with Crippen LogP contribution >= 0.6 is 11.3 Å². The summed E-state index contributed by atoms with van der Waals surface area (Å²) in [5.74, 6) is 1.11. The van der Waals surface area contributed by atoms with E-state index in [9.17, 15) is 4.79 Å². The topological polar surface area (TPSA) is 50.2 Å². The maximum Gasteiger partial charge on any atom is 0.226 e. The number of carbonyl (C=O) groups excluding carboxylic acids is 1. The predicted octanol–water partition coefficient (Wildman–Crippen LogP) is 2.90. The van der Waals surface area contributed by atoms with Gasteiger partial charge in [-0.1, -0.05) is 0 Å². The zero-order valence-corrected chi connectivity index (χ0v) is 15.7. The largest absolute Gasteiger partial charge is 0.354 e. The van der Waals surface area contributed by atoms with Crippen LogP contribution in [-0.2, 0) is 24.3 Å². The van der Waals surface area contributed by atoms with Crippen molar-refractivity contribution in [3.05, 3.63) is 39.6 Å². The third-order valence-corrected chi connectivity index (χ3v) is 5.52. The number of carbonyl (C=O) groups is 1. The van der Waals surface area contributed by atoms with Crippen molar-refractivity contribution < 1.29 is 4.79 Å². The van der Waals surface area contributed by atoms with Gasteiger partial charge in [-0.2, -0.15) is 0 Å². The summed E-state index contributed by atoms with van der Waals surface area (Å²) in [5, 5.41) is 5.09. The van der Waals surface area contributed by atoms with Crippen LogP contribution in [0.2, 0.25) is 0 Å². The number of amides is 1. The van der Waals surface area contributed by atoms with Gasteiger partial charge in [0.15, 0.2) is 0 Å². The zero-order valence-electron chi connectivity index (χ0n) is 14.9. The van der Waals surface area contributed by atoms with Crippen molar-refractivity contribution in [2.45, 2.75) is 59.3 Å². The quantitative estimate of drug-likeness (QED) is 0.906. The summed E-state index contributed by atoms with van der Waals surface area (Å²) in [6, 6.07) is 2.61. The maximum absolute atomic E-state index is 12.0. The van der Waals surface area contributed by atoms with E-state index in [0.29, 0.717) is 6.42 Å². The van der Waals surface area contributed by atoms with E-state index in [0.717, 1.165) is 31.2 Å². The lowest BCUT2D eigenvalue weighted by molar-refractivity contribution is -0.120. The smallest absolute Gasteiger partial charge is 0.226 e. The van der Waals surface area contributed by atoms with Crippen molar-refractivity contribution in [1.82, 2.24) is 19.8 Å². The van der Waals surface area contributed by atoms with E-state index >= 15 is 0 Å². The SMILES string of the molecule is Cc1ccsc1CN1CCn2cc(CC(=O)NC(C)C)nc2[C@@H]1C. The van der Waals surface area contributed by atoms with Crippen molar-refractivity contribution in [3.8, 4) is 0 Å². The van der Waals surface area contributed by atoms with Gasteiger partial charge in [0.25, 0.3) is 0 Å². The molecule has 130 valence electrons. The number of thiophene rings is 1. The van der Waals surface area contributed by atoms with E-state index in [1.807, 2.05) is 31.4 Å². The molecule has 3 rings (SSSR count). The Hall–Kier alpha value is -1.66. The Morgan fingerprint density at radius 3 is 2.92 bits per heavy atom. The highest BCUT2D eigenvalue weighted by atomic mass is 32.1. The van der Waals surface area contributed by atoms with E-state index in [2.05, 4.69) is 40.1 Å². The highest BCUT2D eigenvalue weighted by Gasteiger charge is 2.27. The molecule has 0 bridgehead atoms. The van der Waals surface area contributed by atoms with Crippen LogP contribution in [0.25, 0.3) is 0 Å². The lowest BCUT2D eigenvalue weighted by Gasteiger charge is -2.33. The summed E-state index contributed by atoms with van der Waals surface area (Å²) in [7, 11) is 0. The highest BCUT2D eigenvalue weighted by molar-refractivity contribution is 7.10. The van der Waals surface area contributed by atoms with Crippen LogP contribution in [0, 0.1) is 6.92 Å². The monoisotopic (exact) mass is 346 g/mol. The molecule has 1 aliphatic heterocycles. The minimum absolute atomic E-state index is 0.0409. The Morgan fingerprint density at radius 2 is 2.25 bits per heavy atom. The number of hydrogen-bond donors (Lipinski definition) is 1. The third-order valence-electron chi connectivity index (χ3n) is 4.51.